The summed E-state index contributed by atoms with van der Waals surface area (Å²) in [4.78, 5) is 4.04. The van der Waals surface area contributed by atoms with Crippen molar-refractivity contribution < 1.29 is 21.5 Å². The molecule has 0 fully saturated rings. The van der Waals surface area contributed by atoms with Crippen LogP contribution in [0.5, 0.6) is 0 Å². The van der Waals surface area contributed by atoms with Gasteiger partial charge in [-0.15, -0.1) is 17.0 Å². The molecule has 0 unspecified atom stereocenters. The van der Waals surface area contributed by atoms with E-state index in [1.54, 1.807) is 6.20 Å². The molecule has 94 valence electrons. The normalized spacial score (nSPS) is 7.88. The molecule has 2 aromatic rings. The van der Waals surface area contributed by atoms with E-state index in [0.29, 0.717) is 0 Å². The van der Waals surface area contributed by atoms with Crippen LogP contribution in [0.3, 0.4) is 0 Å². The van der Waals surface area contributed by atoms with Crippen LogP contribution in [0.25, 0.3) is 5.69 Å². The van der Waals surface area contributed by atoms with Crippen LogP contribution >= 0.6 is 17.0 Å². The molecule has 0 aromatic carbocycles. The summed E-state index contributed by atoms with van der Waals surface area (Å²) >= 11 is 0. The van der Waals surface area contributed by atoms with Gasteiger partial charge >= 0.3 is 0 Å². The number of nitrogens with zero attached hydrogens (tertiary/aromatic N) is 2. The van der Waals surface area contributed by atoms with Gasteiger partial charge < -0.3 is 17.0 Å². The standard InChI is InChI=1S/C10H9N2.C3H8.2BrH/c1-2-7-12(8-3-1)10-5-4-6-11-9-10;1-3-2;;/h1-9H;3H2,1-2H3;2*1H/q+1;;;/p-1. The van der Waals surface area contributed by atoms with Gasteiger partial charge in [0.15, 0.2) is 12.4 Å². The Morgan fingerprint density at radius 2 is 1.65 bits per heavy atom. The highest BCUT2D eigenvalue weighted by Crippen LogP contribution is 1.93. The Kier molecular flexibility index (Phi) is 12.9. The lowest BCUT2D eigenvalue weighted by atomic mass is 10.4. The summed E-state index contributed by atoms with van der Waals surface area (Å²) in [6, 6.07) is 9.93. The summed E-state index contributed by atoms with van der Waals surface area (Å²) in [5.74, 6) is 0. The Bertz CT molecular complexity index is 328. The largest absolute Gasteiger partial charge is 1.00 e. The maximum atomic E-state index is 4.04. The van der Waals surface area contributed by atoms with E-state index in [1.165, 1.54) is 6.42 Å². The van der Waals surface area contributed by atoms with Gasteiger partial charge in [0.1, 0.15) is 0 Å². The first-order valence-electron chi connectivity index (χ1n) is 5.25. The molecule has 0 radical (unpaired) electrons. The van der Waals surface area contributed by atoms with Crippen molar-refractivity contribution in [1.82, 2.24) is 4.98 Å². The van der Waals surface area contributed by atoms with E-state index in [0.717, 1.165) is 5.69 Å². The molecule has 2 heterocycles. The van der Waals surface area contributed by atoms with E-state index >= 15 is 0 Å². The second-order valence-electron chi connectivity index (χ2n) is 3.20. The van der Waals surface area contributed by atoms with Crippen molar-refractivity contribution in [2.24, 2.45) is 0 Å². The average Bonchev–Trinajstić information content (AvgIpc) is 2.32. The first kappa shape index (κ1) is 18.6. The van der Waals surface area contributed by atoms with E-state index in [1.807, 2.05) is 53.5 Å². The zero-order chi connectivity index (χ0) is 10.9. The summed E-state index contributed by atoms with van der Waals surface area (Å²) in [5, 5.41) is 0. The van der Waals surface area contributed by atoms with Gasteiger partial charge in [-0.05, 0) is 6.07 Å². The summed E-state index contributed by atoms with van der Waals surface area (Å²) in [6.45, 7) is 4.25. The predicted molar refractivity (Wildman–Crippen MR) is 72.1 cm³/mol. The van der Waals surface area contributed by atoms with Crippen LogP contribution in [0, 0.1) is 0 Å². The molecule has 0 spiro atoms. The predicted octanol–water partition coefficient (Wildman–Crippen LogP) is 0.356. The molecule has 0 aliphatic heterocycles. The highest BCUT2D eigenvalue weighted by atomic mass is 79.9. The molecule has 2 rings (SSSR count). The molecule has 4 heteroatoms. The quantitative estimate of drug-likeness (QED) is 0.670. The summed E-state index contributed by atoms with van der Waals surface area (Å²) in [7, 11) is 0. The lowest BCUT2D eigenvalue weighted by Gasteiger charge is -1.91. The topological polar surface area (TPSA) is 16.8 Å². The Morgan fingerprint density at radius 3 is 2.12 bits per heavy atom. The molecule has 17 heavy (non-hydrogen) atoms. The number of rotatable bonds is 1. The smallest absolute Gasteiger partial charge is 0.229 e. The van der Waals surface area contributed by atoms with Crippen LogP contribution in [0.4, 0.5) is 0 Å². The summed E-state index contributed by atoms with van der Waals surface area (Å²) in [6.07, 6.45) is 8.85. The second-order valence-corrected chi connectivity index (χ2v) is 3.20. The van der Waals surface area contributed by atoms with Gasteiger partial charge in [0.25, 0.3) is 0 Å². The Hall–Kier alpha value is -0.740. The van der Waals surface area contributed by atoms with E-state index < -0.39 is 0 Å². The fourth-order valence-electron chi connectivity index (χ4n) is 1.08. The van der Waals surface area contributed by atoms with Gasteiger partial charge in [0.2, 0.25) is 5.69 Å². The fraction of sp³-hybridized carbons (Fsp3) is 0.231. The minimum absolute atomic E-state index is 0. The Labute approximate surface area is 124 Å². The summed E-state index contributed by atoms with van der Waals surface area (Å²) < 4.78 is 2.02. The van der Waals surface area contributed by atoms with Crippen molar-refractivity contribution in [3.8, 4) is 5.69 Å². The van der Waals surface area contributed by atoms with E-state index in [-0.39, 0.29) is 34.0 Å². The molecule has 0 saturated carbocycles. The number of aromatic nitrogens is 2. The number of hydrogen-bond acceptors (Lipinski definition) is 1. The van der Waals surface area contributed by atoms with Gasteiger partial charge in [-0.2, -0.15) is 4.57 Å². The maximum Gasteiger partial charge on any atom is 0.229 e. The zero-order valence-corrected chi connectivity index (χ0v) is 13.4. The summed E-state index contributed by atoms with van der Waals surface area (Å²) in [5.41, 5.74) is 1.08. The van der Waals surface area contributed by atoms with E-state index in [2.05, 4.69) is 18.8 Å². The zero-order valence-electron chi connectivity index (χ0n) is 10.1. The molecule has 2 aromatic heterocycles. The van der Waals surface area contributed by atoms with Crippen LogP contribution in [0.15, 0.2) is 55.1 Å². The van der Waals surface area contributed by atoms with Gasteiger partial charge in [-0.3, -0.25) is 4.98 Å². The van der Waals surface area contributed by atoms with Crippen LogP contribution in [-0.2, 0) is 0 Å². The monoisotopic (exact) mass is 360 g/mol. The van der Waals surface area contributed by atoms with E-state index in [4.69, 9.17) is 0 Å². The van der Waals surface area contributed by atoms with Crippen LogP contribution < -0.4 is 21.5 Å². The fourth-order valence-corrected chi connectivity index (χ4v) is 1.08. The van der Waals surface area contributed by atoms with E-state index in [9.17, 15) is 0 Å². The number of pyridine rings is 2. The van der Waals surface area contributed by atoms with Crippen LogP contribution in [0.1, 0.15) is 20.3 Å². The van der Waals surface area contributed by atoms with Gasteiger partial charge in [-0.25, -0.2) is 0 Å². The van der Waals surface area contributed by atoms with Crippen molar-refractivity contribution in [2.75, 3.05) is 0 Å². The van der Waals surface area contributed by atoms with Gasteiger partial charge in [0, 0.05) is 24.4 Å². The molecule has 0 atom stereocenters. The Morgan fingerprint density at radius 1 is 1.06 bits per heavy atom. The molecule has 0 N–H and O–H groups in total. The van der Waals surface area contributed by atoms with Crippen molar-refractivity contribution >= 4 is 17.0 Å². The highest BCUT2D eigenvalue weighted by Gasteiger charge is 2.00. The third kappa shape index (κ3) is 7.23. The maximum absolute atomic E-state index is 4.04. The minimum Gasteiger partial charge on any atom is -1.00 e. The Balaban J connectivity index is 0. The molecule has 0 aliphatic carbocycles. The molecular formula is C13H18Br2N2. The minimum atomic E-state index is 0. The van der Waals surface area contributed by atoms with Crippen molar-refractivity contribution in [2.45, 2.75) is 20.3 Å². The number of hydrogen-bond donors (Lipinski definition) is 0. The molecule has 2 nitrogen and oxygen atoms in total. The molecule has 0 aliphatic rings. The van der Waals surface area contributed by atoms with Gasteiger partial charge in [-0.1, -0.05) is 26.3 Å². The molecule has 0 saturated heterocycles. The molecule has 0 bridgehead atoms. The van der Waals surface area contributed by atoms with Crippen LogP contribution in [0.2, 0.25) is 0 Å². The first-order valence-corrected chi connectivity index (χ1v) is 5.25. The molecular weight excluding hydrogens is 344 g/mol. The lowest BCUT2D eigenvalue weighted by molar-refractivity contribution is -0.596. The van der Waals surface area contributed by atoms with Crippen LogP contribution in [-0.4, -0.2) is 4.98 Å². The van der Waals surface area contributed by atoms with Crippen molar-refractivity contribution in [1.29, 1.82) is 0 Å². The van der Waals surface area contributed by atoms with Gasteiger partial charge in [0.05, 0.1) is 6.20 Å². The second kappa shape index (κ2) is 11.7. The third-order valence-electron chi connectivity index (χ3n) is 1.66. The molecule has 0 amide bonds. The number of halogens is 2. The third-order valence-corrected chi connectivity index (χ3v) is 1.66. The average molecular weight is 362 g/mol. The van der Waals surface area contributed by atoms with Crippen molar-refractivity contribution in [3.05, 3.63) is 55.1 Å². The van der Waals surface area contributed by atoms with Crippen molar-refractivity contribution in [3.63, 3.8) is 0 Å². The highest BCUT2D eigenvalue weighted by molar-refractivity contribution is 8.93. The first-order chi connectivity index (χ1) is 7.38. The lowest BCUT2D eigenvalue weighted by Crippen LogP contribution is -3.00. The SMILES string of the molecule is Br.CCC.[Br-].c1cc[n+](-c2cccnc2)cc1.